The molecule has 0 saturated carbocycles. The molecule has 0 bridgehead atoms. The van der Waals surface area contributed by atoms with E-state index in [2.05, 4.69) is 5.10 Å². The van der Waals surface area contributed by atoms with Crippen molar-refractivity contribution in [2.45, 2.75) is 13.5 Å². The second-order valence-corrected chi connectivity index (χ2v) is 7.16. The molecule has 2 aromatic carbocycles. The maximum absolute atomic E-state index is 13.1. The van der Waals surface area contributed by atoms with Crippen LogP contribution in [0.5, 0.6) is 0 Å². The number of benzene rings is 2. The molecule has 4 rings (SSSR count). The molecule has 1 saturated heterocycles. The van der Waals surface area contributed by atoms with Crippen LogP contribution in [0, 0.1) is 6.92 Å². The molecule has 0 radical (unpaired) electrons. The first-order valence-corrected chi connectivity index (χ1v) is 9.77. The Morgan fingerprint density at radius 2 is 1.67 bits per heavy atom. The standard InChI is InChI=1S/C22H22N4O4/c1-16-7-9-17(10-8-16)15-25-21(28)19(20(27)24-11-13-30-14-12-24)23-26(22(25)29)18-5-3-2-4-6-18/h2-10H,11-15H2,1H3. The zero-order valence-corrected chi connectivity index (χ0v) is 16.7. The summed E-state index contributed by atoms with van der Waals surface area (Å²) in [6.45, 7) is 3.58. The predicted molar refractivity (Wildman–Crippen MR) is 111 cm³/mol. The third-order valence-corrected chi connectivity index (χ3v) is 5.02. The van der Waals surface area contributed by atoms with Crippen molar-refractivity contribution in [1.29, 1.82) is 0 Å². The van der Waals surface area contributed by atoms with Gasteiger partial charge in [-0.2, -0.15) is 9.78 Å². The fourth-order valence-corrected chi connectivity index (χ4v) is 3.32. The van der Waals surface area contributed by atoms with Gasteiger partial charge in [-0.15, -0.1) is 0 Å². The van der Waals surface area contributed by atoms with Crippen LogP contribution in [0.1, 0.15) is 21.6 Å². The SMILES string of the molecule is Cc1ccc(Cn2c(=O)c(C(=O)N3CCOCC3)nn(-c3ccccc3)c2=O)cc1. The average Bonchev–Trinajstić information content (AvgIpc) is 2.79. The van der Waals surface area contributed by atoms with Crippen LogP contribution in [0.4, 0.5) is 0 Å². The zero-order valence-electron chi connectivity index (χ0n) is 16.7. The fourth-order valence-electron chi connectivity index (χ4n) is 3.32. The Balaban J connectivity index is 1.85. The monoisotopic (exact) mass is 406 g/mol. The number of carbonyl (C=O) groups is 1. The van der Waals surface area contributed by atoms with E-state index in [0.29, 0.717) is 32.0 Å². The normalized spacial score (nSPS) is 14.0. The Hall–Kier alpha value is -3.52. The first kappa shape index (κ1) is 19.8. The second kappa shape index (κ2) is 8.46. The third kappa shape index (κ3) is 3.95. The Morgan fingerprint density at radius 3 is 2.33 bits per heavy atom. The molecule has 1 amide bonds. The number of rotatable bonds is 4. The molecule has 0 unspecified atom stereocenters. The highest BCUT2D eigenvalue weighted by atomic mass is 16.5. The van der Waals surface area contributed by atoms with Gasteiger partial charge in [0.2, 0.25) is 5.69 Å². The van der Waals surface area contributed by atoms with Gasteiger partial charge in [0.05, 0.1) is 25.4 Å². The molecule has 0 aliphatic carbocycles. The Morgan fingerprint density at radius 1 is 1.00 bits per heavy atom. The number of carbonyl (C=O) groups excluding carboxylic acids is 1. The van der Waals surface area contributed by atoms with Crippen LogP contribution in [0.25, 0.3) is 5.69 Å². The van der Waals surface area contributed by atoms with Crippen LogP contribution >= 0.6 is 0 Å². The van der Waals surface area contributed by atoms with Gasteiger partial charge in [0.25, 0.3) is 11.5 Å². The molecule has 2 heterocycles. The van der Waals surface area contributed by atoms with E-state index in [-0.39, 0.29) is 12.2 Å². The fraction of sp³-hybridized carbons (Fsp3) is 0.273. The van der Waals surface area contributed by atoms with Crippen LogP contribution in [0.3, 0.4) is 0 Å². The van der Waals surface area contributed by atoms with Crippen molar-refractivity contribution in [3.05, 3.63) is 92.3 Å². The number of hydrogen-bond acceptors (Lipinski definition) is 5. The van der Waals surface area contributed by atoms with Gasteiger partial charge in [-0.1, -0.05) is 48.0 Å². The lowest BCUT2D eigenvalue weighted by molar-refractivity contribution is 0.0295. The molecular weight excluding hydrogens is 384 g/mol. The summed E-state index contributed by atoms with van der Waals surface area (Å²) in [6.07, 6.45) is 0. The number of ether oxygens (including phenoxy) is 1. The van der Waals surface area contributed by atoms with E-state index >= 15 is 0 Å². The summed E-state index contributed by atoms with van der Waals surface area (Å²) in [5.74, 6) is -0.495. The van der Waals surface area contributed by atoms with E-state index in [1.807, 2.05) is 37.3 Å². The van der Waals surface area contributed by atoms with Gasteiger partial charge in [0.15, 0.2) is 0 Å². The van der Waals surface area contributed by atoms with E-state index < -0.39 is 17.2 Å². The number of aryl methyl sites for hydroxylation is 1. The molecule has 0 spiro atoms. The number of aromatic nitrogens is 3. The quantitative estimate of drug-likeness (QED) is 0.650. The van der Waals surface area contributed by atoms with Crippen molar-refractivity contribution in [1.82, 2.24) is 19.2 Å². The van der Waals surface area contributed by atoms with E-state index in [1.165, 1.54) is 4.90 Å². The van der Waals surface area contributed by atoms with Gasteiger partial charge < -0.3 is 9.64 Å². The van der Waals surface area contributed by atoms with E-state index in [0.717, 1.165) is 20.4 Å². The molecule has 1 aliphatic rings. The number of nitrogens with zero attached hydrogens (tertiary/aromatic N) is 4. The molecule has 154 valence electrons. The first-order valence-electron chi connectivity index (χ1n) is 9.77. The van der Waals surface area contributed by atoms with Crippen molar-refractivity contribution >= 4 is 5.91 Å². The topological polar surface area (TPSA) is 86.4 Å². The van der Waals surface area contributed by atoms with Crippen molar-refractivity contribution in [2.75, 3.05) is 26.3 Å². The van der Waals surface area contributed by atoms with Gasteiger partial charge in [0.1, 0.15) is 0 Å². The Bertz CT molecular complexity index is 1160. The largest absolute Gasteiger partial charge is 0.378 e. The Labute approximate surface area is 172 Å². The predicted octanol–water partition coefficient (Wildman–Crippen LogP) is 1.22. The van der Waals surface area contributed by atoms with E-state index in [1.54, 1.807) is 24.3 Å². The number of amides is 1. The van der Waals surface area contributed by atoms with Gasteiger partial charge >= 0.3 is 5.69 Å². The number of morpholine rings is 1. The van der Waals surface area contributed by atoms with Gasteiger partial charge in [-0.25, -0.2) is 4.79 Å². The zero-order chi connectivity index (χ0) is 21.1. The molecule has 1 fully saturated rings. The summed E-state index contributed by atoms with van der Waals surface area (Å²) in [5, 5.41) is 4.17. The lowest BCUT2D eigenvalue weighted by atomic mass is 10.1. The highest BCUT2D eigenvalue weighted by Gasteiger charge is 2.26. The van der Waals surface area contributed by atoms with E-state index in [9.17, 15) is 14.4 Å². The number of hydrogen-bond donors (Lipinski definition) is 0. The minimum Gasteiger partial charge on any atom is -0.378 e. The van der Waals surface area contributed by atoms with Crippen molar-refractivity contribution in [3.8, 4) is 5.69 Å². The molecule has 0 N–H and O–H groups in total. The second-order valence-electron chi connectivity index (χ2n) is 7.16. The lowest BCUT2D eigenvalue weighted by Gasteiger charge is -2.26. The highest BCUT2D eigenvalue weighted by molar-refractivity contribution is 5.91. The molecule has 30 heavy (non-hydrogen) atoms. The van der Waals surface area contributed by atoms with Crippen LogP contribution in [0.15, 0.2) is 64.2 Å². The van der Waals surface area contributed by atoms with Crippen LogP contribution in [-0.4, -0.2) is 51.5 Å². The van der Waals surface area contributed by atoms with E-state index in [4.69, 9.17) is 4.74 Å². The molecule has 0 atom stereocenters. The lowest BCUT2D eigenvalue weighted by Crippen LogP contribution is -2.48. The summed E-state index contributed by atoms with van der Waals surface area (Å²) in [5.41, 5.74) is 0.791. The first-order chi connectivity index (χ1) is 14.5. The van der Waals surface area contributed by atoms with Gasteiger partial charge in [-0.3, -0.25) is 14.2 Å². The van der Waals surface area contributed by atoms with Crippen molar-refractivity contribution in [2.24, 2.45) is 0 Å². The van der Waals surface area contributed by atoms with Gasteiger partial charge in [0, 0.05) is 13.1 Å². The third-order valence-electron chi connectivity index (χ3n) is 5.02. The molecule has 1 aromatic heterocycles. The van der Waals surface area contributed by atoms with Crippen molar-refractivity contribution < 1.29 is 9.53 Å². The molecule has 8 heteroatoms. The maximum atomic E-state index is 13.1. The molecule has 3 aromatic rings. The molecule has 1 aliphatic heterocycles. The maximum Gasteiger partial charge on any atom is 0.352 e. The summed E-state index contributed by atoms with van der Waals surface area (Å²) >= 11 is 0. The Kier molecular flexibility index (Phi) is 5.58. The summed E-state index contributed by atoms with van der Waals surface area (Å²) in [6, 6.07) is 16.3. The van der Waals surface area contributed by atoms with Crippen LogP contribution in [-0.2, 0) is 11.3 Å². The summed E-state index contributed by atoms with van der Waals surface area (Å²) < 4.78 is 7.47. The van der Waals surface area contributed by atoms with Crippen LogP contribution < -0.4 is 11.2 Å². The summed E-state index contributed by atoms with van der Waals surface area (Å²) in [4.78, 5) is 40.8. The molecular formula is C22H22N4O4. The number of para-hydroxylation sites is 1. The molecule has 8 nitrogen and oxygen atoms in total. The van der Waals surface area contributed by atoms with Crippen LogP contribution in [0.2, 0.25) is 0 Å². The summed E-state index contributed by atoms with van der Waals surface area (Å²) in [7, 11) is 0. The highest BCUT2D eigenvalue weighted by Crippen LogP contribution is 2.07. The smallest absolute Gasteiger partial charge is 0.352 e. The minimum absolute atomic E-state index is 0.0523. The minimum atomic E-state index is -0.691. The van der Waals surface area contributed by atoms with Crippen molar-refractivity contribution in [3.63, 3.8) is 0 Å². The average molecular weight is 406 g/mol. The van der Waals surface area contributed by atoms with Gasteiger partial charge in [-0.05, 0) is 24.6 Å².